The summed E-state index contributed by atoms with van der Waals surface area (Å²) in [6.45, 7) is 6.80. The smallest absolute Gasteiger partial charge is 0.222 e. The lowest BCUT2D eigenvalue weighted by atomic mass is 9.99. The summed E-state index contributed by atoms with van der Waals surface area (Å²) in [6, 6.07) is 8.80. The number of hydrogen-bond acceptors (Lipinski definition) is 3. The van der Waals surface area contributed by atoms with Crippen LogP contribution < -0.4 is 5.73 Å². The molecule has 1 saturated heterocycles. The van der Waals surface area contributed by atoms with Crippen LogP contribution in [0.3, 0.4) is 0 Å². The lowest BCUT2D eigenvalue weighted by Gasteiger charge is -2.35. The Bertz CT molecular complexity index is 537. The minimum atomic E-state index is 0.237. The van der Waals surface area contributed by atoms with E-state index >= 15 is 0 Å². The van der Waals surface area contributed by atoms with Gasteiger partial charge >= 0.3 is 0 Å². The molecule has 2 N–H and O–H groups in total. The van der Waals surface area contributed by atoms with E-state index in [4.69, 9.17) is 5.73 Å². The maximum atomic E-state index is 12.5. The molecule has 1 aliphatic carbocycles. The minimum Gasteiger partial charge on any atom is -0.340 e. The predicted molar refractivity (Wildman–Crippen MR) is 93.0 cm³/mol. The Labute approximate surface area is 139 Å². The van der Waals surface area contributed by atoms with Crippen LogP contribution >= 0.6 is 0 Å². The zero-order chi connectivity index (χ0) is 16.2. The van der Waals surface area contributed by atoms with Crippen LogP contribution in [-0.4, -0.2) is 47.9 Å². The van der Waals surface area contributed by atoms with Gasteiger partial charge in [0.25, 0.3) is 0 Å². The van der Waals surface area contributed by atoms with Crippen LogP contribution in [0.2, 0.25) is 0 Å². The molecule has 0 spiro atoms. The maximum absolute atomic E-state index is 12.5. The number of rotatable bonds is 4. The molecule has 1 heterocycles. The summed E-state index contributed by atoms with van der Waals surface area (Å²) < 4.78 is 0. The van der Waals surface area contributed by atoms with Gasteiger partial charge in [0.15, 0.2) is 0 Å². The van der Waals surface area contributed by atoms with E-state index in [1.54, 1.807) is 0 Å². The van der Waals surface area contributed by atoms with Crippen molar-refractivity contribution in [3.8, 4) is 0 Å². The second kappa shape index (κ2) is 7.45. The number of hydrogen-bond donors (Lipinski definition) is 1. The highest BCUT2D eigenvalue weighted by Gasteiger charge is 2.29. The summed E-state index contributed by atoms with van der Waals surface area (Å²) in [6.07, 6.45) is 4.05. The molecular formula is C19H29N3O. The quantitative estimate of drug-likeness (QED) is 0.926. The van der Waals surface area contributed by atoms with Crippen LogP contribution in [0.1, 0.15) is 36.8 Å². The van der Waals surface area contributed by atoms with Crippen molar-refractivity contribution in [2.75, 3.05) is 26.2 Å². The molecule has 0 bridgehead atoms. The summed E-state index contributed by atoms with van der Waals surface area (Å²) in [4.78, 5) is 17.0. The summed E-state index contributed by atoms with van der Waals surface area (Å²) in [7, 11) is 0. The molecule has 1 amide bonds. The van der Waals surface area contributed by atoms with Gasteiger partial charge in [-0.3, -0.25) is 9.69 Å². The Morgan fingerprint density at radius 2 is 1.91 bits per heavy atom. The lowest BCUT2D eigenvalue weighted by molar-refractivity contribution is -0.134. The SMILES string of the molecule is Cc1ccccc1CN1CCN(C(=O)C[C@@H]2CCC[C@H]2N)CC1. The van der Waals surface area contributed by atoms with Crippen LogP contribution in [0.4, 0.5) is 0 Å². The van der Waals surface area contributed by atoms with E-state index in [1.165, 1.54) is 17.5 Å². The average molecular weight is 315 g/mol. The van der Waals surface area contributed by atoms with Gasteiger partial charge in [0.1, 0.15) is 0 Å². The molecule has 23 heavy (non-hydrogen) atoms. The highest BCUT2D eigenvalue weighted by molar-refractivity contribution is 5.76. The first kappa shape index (κ1) is 16.5. The maximum Gasteiger partial charge on any atom is 0.222 e. The predicted octanol–water partition coefficient (Wildman–Crippen LogP) is 2.16. The second-order valence-electron chi connectivity index (χ2n) is 7.14. The van der Waals surface area contributed by atoms with Crippen LogP contribution in [0.5, 0.6) is 0 Å². The van der Waals surface area contributed by atoms with Crippen LogP contribution in [0.25, 0.3) is 0 Å². The van der Waals surface area contributed by atoms with Gasteiger partial charge in [0.2, 0.25) is 5.91 Å². The molecule has 0 radical (unpaired) electrons. The van der Waals surface area contributed by atoms with E-state index < -0.39 is 0 Å². The Morgan fingerprint density at radius 1 is 1.17 bits per heavy atom. The Morgan fingerprint density at radius 3 is 2.57 bits per heavy atom. The Balaban J connectivity index is 1.46. The summed E-state index contributed by atoms with van der Waals surface area (Å²) in [5.41, 5.74) is 8.84. The first-order valence-corrected chi connectivity index (χ1v) is 8.93. The van der Waals surface area contributed by atoms with E-state index in [9.17, 15) is 4.79 Å². The van der Waals surface area contributed by atoms with Crippen molar-refractivity contribution >= 4 is 5.91 Å². The van der Waals surface area contributed by atoms with Gasteiger partial charge in [-0.15, -0.1) is 0 Å². The van der Waals surface area contributed by atoms with Crippen LogP contribution in [0.15, 0.2) is 24.3 Å². The van der Waals surface area contributed by atoms with Crippen molar-refractivity contribution in [3.63, 3.8) is 0 Å². The molecule has 2 aliphatic rings. The topological polar surface area (TPSA) is 49.6 Å². The molecule has 3 rings (SSSR count). The monoisotopic (exact) mass is 315 g/mol. The van der Waals surface area contributed by atoms with Gasteiger partial charge < -0.3 is 10.6 Å². The molecule has 2 atom stereocenters. The van der Waals surface area contributed by atoms with Gasteiger partial charge in [-0.1, -0.05) is 30.7 Å². The minimum absolute atomic E-state index is 0.237. The highest BCUT2D eigenvalue weighted by atomic mass is 16.2. The molecule has 126 valence electrons. The molecule has 0 aromatic heterocycles. The summed E-state index contributed by atoms with van der Waals surface area (Å²) in [5.74, 6) is 0.718. The number of nitrogens with two attached hydrogens (primary N) is 1. The number of amides is 1. The summed E-state index contributed by atoms with van der Waals surface area (Å²) >= 11 is 0. The third-order valence-electron chi connectivity index (χ3n) is 5.53. The van der Waals surface area contributed by atoms with Crippen LogP contribution in [0, 0.1) is 12.8 Å². The highest BCUT2D eigenvalue weighted by Crippen LogP contribution is 2.27. The third-order valence-corrected chi connectivity index (χ3v) is 5.53. The normalized spacial score (nSPS) is 25.7. The van der Waals surface area contributed by atoms with Crippen molar-refractivity contribution in [2.45, 2.75) is 45.2 Å². The average Bonchev–Trinajstić information content (AvgIpc) is 2.95. The van der Waals surface area contributed by atoms with Gasteiger partial charge in [-0.05, 0) is 36.8 Å². The number of aryl methyl sites for hydroxylation is 1. The molecule has 1 aliphatic heterocycles. The van der Waals surface area contributed by atoms with E-state index in [0.717, 1.165) is 45.6 Å². The van der Waals surface area contributed by atoms with Gasteiger partial charge in [0.05, 0.1) is 0 Å². The molecule has 1 saturated carbocycles. The fourth-order valence-corrected chi connectivity index (χ4v) is 3.86. The number of benzene rings is 1. The standard InChI is InChI=1S/C19H29N3O/c1-15-5-2-3-6-17(15)14-21-9-11-22(12-10-21)19(23)13-16-7-4-8-18(16)20/h2-3,5-6,16,18H,4,7-14,20H2,1H3/t16-,18+/m0/s1. The molecule has 1 aromatic carbocycles. The largest absolute Gasteiger partial charge is 0.340 e. The first-order chi connectivity index (χ1) is 11.1. The van der Waals surface area contributed by atoms with Crippen LogP contribution in [-0.2, 0) is 11.3 Å². The molecule has 4 nitrogen and oxygen atoms in total. The number of piperazine rings is 1. The van der Waals surface area contributed by atoms with E-state index in [1.807, 2.05) is 4.90 Å². The zero-order valence-electron chi connectivity index (χ0n) is 14.2. The molecular weight excluding hydrogens is 286 g/mol. The van der Waals surface area contributed by atoms with Crippen molar-refractivity contribution in [1.82, 2.24) is 9.80 Å². The Kier molecular flexibility index (Phi) is 5.34. The number of nitrogens with zero attached hydrogens (tertiary/aromatic N) is 2. The second-order valence-corrected chi connectivity index (χ2v) is 7.14. The molecule has 0 unspecified atom stereocenters. The number of carbonyl (C=O) groups is 1. The van der Waals surface area contributed by atoms with Gasteiger partial charge in [-0.2, -0.15) is 0 Å². The van der Waals surface area contributed by atoms with Gasteiger partial charge in [0, 0.05) is 45.2 Å². The van der Waals surface area contributed by atoms with E-state index in [-0.39, 0.29) is 6.04 Å². The zero-order valence-corrected chi connectivity index (χ0v) is 14.2. The van der Waals surface area contributed by atoms with Crippen molar-refractivity contribution in [1.29, 1.82) is 0 Å². The Hall–Kier alpha value is -1.39. The summed E-state index contributed by atoms with van der Waals surface area (Å²) in [5, 5.41) is 0. The van der Waals surface area contributed by atoms with Gasteiger partial charge in [-0.25, -0.2) is 0 Å². The molecule has 2 fully saturated rings. The number of carbonyl (C=O) groups excluding carboxylic acids is 1. The van der Waals surface area contributed by atoms with Crippen molar-refractivity contribution in [2.24, 2.45) is 11.7 Å². The molecule has 1 aromatic rings. The van der Waals surface area contributed by atoms with Crippen molar-refractivity contribution in [3.05, 3.63) is 35.4 Å². The lowest BCUT2D eigenvalue weighted by Crippen LogP contribution is -2.49. The van der Waals surface area contributed by atoms with E-state index in [2.05, 4.69) is 36.1 Å². The molecule has 4 heteroatoms. The fraction of sp³-hybridized carbons (Fsp3) is 0.632. The fourth-order valence-electron chi connectivity index (χ4n) is 3.86. The first-order valence-electron chi connectivity index (χ1n) is 8.93. The third kappa shape index (κ3) is 4.12. The van der Waals surface area contributed by atoms with Crippen molar-refractivity contribution < 1.29 is 4.79 Å². The van der Waals surface area contributed by atoms with E-state index in [0.29, 0.717) is 18.2 Å².